The summed E-state index contributed by atoms with van der Waals surface area (Å²) in [6, 6.07) is 0. The van der Waals surface area contributed by atoms with Crippen molar-refractivity contribution < 1.29 is 13.9 Å². The van der Waals surface area contributed by atoms with Crippen molar-refractivity contribution in [2.75, 3.05) is 7.11 Å². The molecule has 0 amide bonds. The summed E-state index contributed by atoms with van der Waals surface area (Å²) >= 11 is 0. The van der Waals surface area contributed by atoms with Crippen molar-refractivity contribution in [3.05, 3.63) is 17.3 Å². The maximum atomic E-state index is 11.5. The lowest BCUT2D eigenvalue weighted by molar-refractivity contribution is 0.0561. The van der Waals surface area contributed by atoms with E-state index in [4.69, 9.17) is 9.15 Å². The lowest BCUT2D eigenvalue weighted by Crippen LogP contribution is -2.03. The number of hydrogen-bond donors (Lipinski definition) is 0. The molecule has 0 radical (unpaired) electrons. The number of carbonyl (C=O) groups excluding carboxylic acids is 1. The van der Waals surface area contributed by atoms with Crippen LogP contribution in [0.3, 0.4) is 0 Å². The highest BCUT2D eigenvalue weighted by Gasteiger charge is 2.20. The molecule has 0 saturated carbocycles. The largest absolute Gasteiger partial charge is 0.463 e. The van der Waals surface area contributed by atoms with Crippen LogP contribution in [0, 0.1) is 5.92 Å². The van der Waals surface area contributed by atoms with Gasteiger partial charge in [-0.25, -0.2) is 9.78 Å². The fourth-order valence-electron chi connectivity index (χ4n) is 1.59. The predicted molar refractivity (Wildman–Crippen MR) is 65.0 cm³/mol. The molecule has 1 aromatic heterocycles. The third kappa shape index (κ3) is 3.58. The Labute approximate surface area is 102 Å². The van der Waals surface area contributed by atoms with E-state index in [9.17, 15) is 4.79 Å². The molecule has 0 aliphatic rings. The van der Waals surface area contributed by atoms with Crippen LogP contribution >= 0.6 is 0 Å². The number of aryl methyl sites for hydroxylation is 1. The minimum atomic E-state index is -0.434. The van der Waals surface area contributed by atoms with Crippen LogP contribution in [0.4, 0.5) is 0 Å². The zero-order chi connectivity index (χ0) is 12.8. The molecule has 1 rings (SSSR count). The van der Waals surface area contributed by atoms with Crippen LogP contribution in [-0.2, 0) is 17.6 Å². The Balaban J connectivity index is 2.91. The monoisotopic (exact) mass is 239 g/mol. The number of aromatic nitrogens is 1. The van der Waals surface area contributed by atoms with Crippen LogP contribution < -0.4 is 0 Å². The van der Waals surface area contributed by atoms with Gasteiger partial charge in [-0.05, 0) is 12.3 Å². The zero-order valence-corrected chi connectivity index (χ0v) is 11.1. The van der Waals surface area contributed by atoms with E-state index in [0.717, 1.165) is 31.4 Å². The number of esters is 1. The highest BCUT2D eigenvalue weighted by atomic mass is 16.5. The minimum Gasteiger partial charge on any atom is -0.463 e. The fraction of sp³-hybridized carbons (Fsp3) is 0.692. The van der Waals surface area contributed by atoms with Gasteiger partial charge in [-0.15, -0.1) is 0 Å². The Morgan fingerprint density at radius 2 is 2.18 bits per heavy atom. The standard InChI is InChI=1S/C13H21NO3/c1-5-7-10-12(13(15)16-4)17-11(14-10)8-9(3)6-2/h9H,5-8H2,1-4H3. The first kappa shape index (κ1) is 13.7. The molecule has 96 valence electrons. The molecule has 0 bridgehead atoms. The molecular formula is C13H21NO3. The van der Waals surface area contributed by atoms with E-state index < -0.39 is 5.97 Å². The number of nitrogens with zero attached hydrogens (tertiary/aromatic N) is 1. The Morgan fingerprint density at radius 1 is 1.47 bits per heavy atom. The van der Waals surface area contributed by atoms with Gasteiger partial charge >= 0.3 is 5.97 Å². The lowest BCUT2D eigenvalue weighted by Gasteiger charge is -2.02. The van der Waals surface area contributed by atoms with Gasteiger partial charge in [0.05, 0.1) is 12.8 Å². The van der Waals surface area contributed by atoms with Crippen LogP contribution in [0.2, 0.25) is 0 Å². The molecule has 1 atom stereocenters. The minimum absolute atomic E-state index is 0.271. The summed E-state index contributed by atoms with van der Waals surface area (Å²) in [5.41, 5.74) is 0.720. The van der Waals surface area contributed by atoms with Crippen LogP contribution in [0.25, 0.3) is 0 Å². The van der Waals surface area contributed by atoms with Crippen molar-refractivity contribution in [1.29, 1.82) is 0 Å². The third-order valence-corrected chi connectivity index (χ3v) is 2.82. The molecule has 0 aliphatic carbocycles. The van der Waals surface area contributed by atoms with E-state index in [1.807, 2.05) is 6.92 Å². The van der Waals surface area contributed by atoms with E-state index in [1.165, 1.54) is 7.11 Å². The molecule has 0 saturated heterocycles. The second-order valence-corrected chi connectivity index (χ2v) is 4.34. The van der Waals surface area contributed by atoms with Crippen molar-refractivity contribution in [2.24, 2.45) is 5.92 Å². The summed E-state index contributed by atoms with van der Waals surface area (Å²) in [5, 5.41) is 0. The Morgan fingerprint density at radius 3 is 2.71 bits per heavy atom. The van der Waals surface area contributed by atoms with Crippen molar-refractivity contribution in [1.82, 2.24) is 4.98 Å². The number of rotatable bonds is 6. The molecule has 0 N–H and O–H groups in total. The molecule has 4 nitrogen and oxygen atoms in total. The summed E-state index contributed by atoms with van der Waals surface area (Å²) in [4.78, 5) is 15.9. The van der Waals surface area contributed by atoms with Crippen molar-refractivity contribution in [2.45, 2.75) is 46.5 Å². The Kier molecular flexibility index (Phi) is 5.19. The van der Waals surface area contributed by atoms with E-state index >= 15 is 0 Å². The molecule has 0 fully saturated rings. The molecule has 0 spiro atoms. The van der Waals surface area contributed by atoms with Gasteiger partial charge in [0, 0.05) is 6.42 Å². The molecule has 1 heterocycles. The molecule has 4 heteroatoms. The number of ether oxygens (including phenoxy) is 1. The van der Waals surface area contributed by atoms with E-state index in [1.54, 1.807) is 0 Å². The summed E-state index contributed by atoms with van der Waals surface area (Å²) in [6.07, 6.45) is 3.51. The number of hydrogen-bond acceptors (Lipinski definition) is 4. The maximum absolute atomic E-state index is 11.5. The number of carbonyl (C=O) groups is 1. The average Bonchev–Trinajstić information content (AvgIpc) is 2.71. The number of methoxy groups -OCH3 is 1. The highest BCUT2D eigenvalue weighted by Crippen LogP contribution is 2.18. The summed E-state index contributed by atoms with van der Waals surface area (Å²) < 4.78 is 10.2. The van der Waals surface area contributed by atoms with Crippen molar-refractivity contribution >= 4 is 5.97 Å². The van der Waals surface area contributed by atoms with Gasteiger partial charge in [-0.1, -0.05) is 33.6 Å². The third-order valence-electron chi connectivity index (χ3n) is 2.82. The smallest absolute Gasteiger partial charge is 0.375 e. The molecule has 17 heavy (non-hydrogen) atoms. The highest BCUT2D eigenvalue weighted by molar-refractivity contribution is 5.87. The second-order valence-electron chi connectivity index (χ2n) is 4.34. The van der Waals surface area contributed by atoms with Crippen LogP contribution in [0.5, 0.6) is 0 Å². The normalized spacial score (nSPS) is 12.5. The lowest BCUT2D eigenvalue weighted by atomic mass is 10.1. The average molecular weight is 239 g/mol. The molecule has 0 aromatic carbocycles. The maximum Gasteiger partial charge on any atom is 0.375 e. The quantitative estimate of drug-likeness (QED) is 0.716. The predicted octanol–water partition coefficient (Wildman–Crippen LogP) is 3.00. The molecular weight excluding hydrogens is 218 g/mol. The second kappa shape index (κ2) is 6.42. The van der Waals surface area contributed by atoms with Gasteiger partial charge in [0.25, 0.3) is 0 Å². The van der Waals surface area contributed by atoms with Crippen LogP contribution in [-0.4, -0.2) is 18.1 Å². The molecule has 1 aromatic rings. The van der Waals surface area contributed by atoms with Gasteiger partial charge < -0.3 is 9.15 Å². The SMILES string of the molecule is CCCc1nc(CC(C)CC)oc1C(=O)OC. The summed E-state index contributed by atoms with van der Waals surface area (Å²) in [7, 11) is 1.36. The first-order valence-electron chi connectivity index (χ1n) is 6.19. The van der Waals surface area contributed by atoms with E-state index in [2.05, 4.69) is 18.8 Å². The summed E-state index contributed by atoms with van der Waals surface area (Å²) in [5.74, 6) is 0.987. The number of oxazole rings is 1. The molecule has 0 aliphatic heterocycles. The summed E-state index contributed by atoms with van der Waals surface area (Å²) in [6.45, 7) is 6.31. The van der Waals surface area contributed by atoms with Crippen molar-refractivity contribution in [3.63, 3.8) is 0 Å². The Bertz CT molecular complexity index is 371. The van der Waals surface area contributed by atoms with Gasteiger partial charge in [0.2, 0.25) is 5.76 Å². The first-order valence-corrected chi connectivity index (χ1v) is 6.19. The fourth-order valence-corrected chi connectivity index (χ4v) is 1.59. The topological polar surface area (TPSA) is 52.3 Å². The van der Waals surface area contributed by atoms with Crippen LogP contribution in [0.15, 0.2) is 4.42 Å². The first-order chi connectivity index (χ1) is 8.12. The van der Waals surface area contributed by atoms with Gasteiger partial charge in [-0.3, -0.25) is 0 Å². The zero-order valence-electron chi connectivity index (χ0n) is 11.1. The van der Waals surface area contributed by atoms with Gasteiger partial charge in [-0.2, -0.15) is 0 Å². The Hall–Kier alpha value is -1.32. The van der Waals surface area contributed by atoms with Crippen LogP contribution in [0.1, 0.15) is 55.8 Å². The van der Waals surface area contributed by atoms with E-state index in [-0.39, 0.29) is 5.76 Å². The molecule has 1 unspecified atom stereocenters. The van der Waals surface area contributed by atoms with Gasteiger partial charge in [0.1, 0.15) is 0 Å². The van der Waals surface area contributed by atoms with E-state index in [0.29, 0.717) is 11.8 Å². The van der Waals surface area contributed by atoms with Crippen molar-refractivity contribution in [3.8, 4) is 0 Å². The van der Waals surface area contributed by atoms with Gasteiger partial charge in [0.15, 0.2) is 5.89 Å².